The molecule has 1 rings (SSSR count). The van der Waals surface area contributed by atoms with E-state index in [1.54, 1.807) is 0 Å². The van der Waals surface area contributed by atoms with Crippen molar-refractivity contribution in [2.24, 2.45) is 0 Å². The second kappa shape index (κ2) is 7.21. The standard InChI is InChI=1S/C13H22N2O8/c1-5(16)9(14-6(2)17)11-10(15-7(3)18)8(19)4-13(22,23-11)12(20)21/h5,8-11,16,19,22H,4H2,1-3H3,(H,14,17)(H,15,18)(H,20,21)/t5-,8-,9-,10-,11?,13-/m0/s1. The van der Waals surface area contributed by atoms with Gasteiger partial charge in [-0.3, -0.25) is 9.59 Å². The van der Waals surface area contributed by atoms with E-state index in [0.29, 0.717) is 0 Å². The van der Waals surface area contributed by atoms with Gasteiger partial charge in [0.1, 0.15) is 6.10 Å². The van der Waals surface area contributed by atoms with E-state index < -0.39 is 60.4 Å². The summed E-state index contributed by atoms with van der Waals surface area (Å²) >= 11 is 0. The number of ether oxygens (including phenoxy) is 1. The van der Waals surface area contributed by atoms with Crippen LogP contribution in [0.5, 0.6) is 0 Å². The summed E-state index contributed by atoms with van der Waals surface area (Å²) in [5.74, 6) is -5.50. The zero-order valence-electron chi connectivity index (χ0n) is 13.0. The van der Waals surface area contributed by atoms with Crippen molar-refractivity contribution in [3.63, 3.8) is 0 Å². The molecule has 0 aromatic rings. The van der Waals surface area contributed by atoms with E-state index in [9.17, 15) is 29.7 Å². The minimum absolute atomic E-state index is 0.532. The summed E-state index contributed by atoms with van der Waals surface area (Å²) in [5, 5.41) is 43.8. The number of nitrogens with one attached hydrogen (secondary N) is 2. The van der Waals surface area contributed by atoms with Gasteiger partial charge in [-0.05, 0) is 6.92 Å². The summed E-state index contributed by atoms with van der Waals surface area (Å²) in [6.07, 6.45) is -4.72. The van der Waals surface area contributed by atoms with Gasteiger partial charge < -0.3 is 35.8 Å². The molecule has 132 valence electrons. The van der Waals surface area contributed by atoms with Crippen LogP contribution in [0.2, 0.25) is 0 Å². The fourth-order valence-electron chi connectivity index (χ4n) is 2.54. The SMILES string of the molecule is CC(=O)N[C@H](C1O[C@](O)(C(=O)O)C[C@H](O)[C@@H]1NC(C)=O)[C@H](C)O. The lowest BCUT2D eigenvalue weighted by Gasteiger charge is -2.45. The smallest absolute Gasteiger partial charge is 0.364 e. The van der Waals surface area contributed by atoms with Crippen molar-refractivity contribution in [3.05, 3.63) is 0 Å². The maximum atomic E-state index is 11.3. The number of aliphatic carboxylic acids is 1. The first-order chi connectivity index (χ1) is 10.5. The van der Waals surface area contributed by atoms with Crippen LogP contribution in [0.15, 0.2) is 0 Å². The van der Waals surface area contributed by atoms with Gasteiger partial charge in [0.2, 0.25) is 11.8 Å². The Morgan fingerprint density at radius 2 is 1.83 bits per heavy atom. The van der Waals surface area contributed by atoms with Gasteiger partial charge in [-0.15, -0.1) is 0 Å². The highest BCUT2D eigenvalue weighted by Gasteiger charge is 2.53. The van der Waals surface area contributed by atoms with Gasteiger partial charge in [-0.1, -0.05) is 0 Å². The van der Waals surface area contributed by atoms with E-state index in [1.165, 1.54) is 20.8 Å². The molecule has 2 amide bonds. The third-order valence-corrected chi connectivity index (χ3v) is 3.53. The summed E-state index contributed by atoms with van der Waals surface area (Å²) in [6.45, 7) is 3.67. The molecule has 1 aliphatic heterocycles. The van der Waals surface area contributed by atoms with Gasteiger partial charge in [0.15, 0.2) is 0 Å². The highest BCUT2D eigenvalue weighted by molar-refractivity contribution is 5.76. The topological polar surface area (TPSA) is 165 Å². The summed E-state index contributed by atoms with van der Waals surface area (Å²) in [4.78, 5) is 33.8. The molecule has 0 aromatic heterocycles. The number of aliphatic hydroxyl groups is 3. The van der Waals surface area contributed by atoms with E-state index in [-0.39, 0.29) is 0 Å². The average Bonchev–Trinajstić information content (AvgIpc) is 2.38. The third kappa shape index (κ3) is 4.61. The van der Waals surface area contributed by atoms with Crippen LogP contribution < -0.4 is 10.6 Å². The number of rotatable bonds is 5. The normalized spacial score (nSPS) is 33.4. The van der Waals surface area contributed by atoms with E-state index in [4.69, 9.17) is 9.84 Å². The molecule has 6 atom stereocenters. The second-order valence-corrected chi connectivity index (χ2v) is 5.64. The predicted molar refractivity (Wildman–Crippen MR) is 75.0 cm³/mol. The number of aliphatic hydroxyl groups excluding tert-OH is 2. The molecule has 1 fully saturated rings. The Labute approximate surface area is 132 Å². The van der Waals surface area contributed by atoms with Crippen LogP contribution in [-0.2, 0) is 19.1 Å². The van der Waals surface area contributed by atoms with Gasteiger partial charge in [0.05, 0.1) is 24.3 Å². The lowest BCUT2D eigenvalue weighted by Crippen LogP contribution is -2.69. The lowest BCUT2D eigenvalue weighted by atomic mass is 9.87. The molecule has 0 bridgehead atoms. The Bertz CT molecular complexity index is 465. The molecule has 1 aliphatic rings. The van der Waals surface area contributed by atoms with Crippen molar-refractivity contribution in [2.45, 2.75) is 63.4 Å². The van der Waals surface area contributed by atoms with Gasteiger partial charge in [-0.2, -0.15) is 0 Å². The zero-order chi connectivity index (χ0) is 17.9. The molecule has 1 heterocycles. The van der Waals surface area contributed by atoms with E-state index in [0.717, 1.165) is 0 Å². The van der Waals surface area contributed by atoms with Crippen LogP contribution in [0.1, 0.15) is 27.2 Å². The predicted octanol–water partition coefficient (Wildman–Crippen LogP) is -2.70. The lowest BCUT2D eigenvalue weighted by molar-refractivity contribution is -0.283. The summed E-state index contributed by atoms with van der Waals surface area (Å²) in [6, 6.07) is -2.29. The number of hydrogen-bond donors (Lipinski definition) is 6. The highest BCUT2D eigenvalue weighted by Crippen LogP contribution is 2.30. The minimum atomic E-state index is -2.70. The first-order valence-electron chi connectivity index (χ1n) is 7.02. The quantitative estimate of drug-likeness (QED) is 0.316. The molecule has 6 N–H and O–H groups in total. The van der Waals surface area contributed by atoms with Crippen LogP contribution in [0.3, 0.4) is 0 Å². The van der Waals surface area contributed by atoms with Crippen molar-refractivity contribution in [1.29, 1.82) is 0 Å². The molecule has 0 aliphatic carbocycles. The molecule has 1 saturated heterocycles. The highest BCUT2D eigenvalue weighted by atomic mass is 16.7. The van der Waals surface area contributed by atoms with Crippen molar-refractivity contribution in [1.82, 2.24) is 10.6 Å². The van der Waals surface area contributed by atoms with Crippen molar-refractivity contribution in [3.8, 4) is 0 Å². The van der Waals surface area contributed by atoms with E-state index in [2.05, 4.69) is 10.6 Å². The molecule has 23 heavy (non-hydrogen) atoms. The van der Waals surface area contributed by atoms with Gasteiger partial charge in [0, 0.05) is 20.3 Å². The second-order valence-electron chi connectivity index (χ2n) is 5.64. The van der Waals surface area contributed by atoms with Crippen LogP contribution >= 0.6 is 0 Å². The zero-order valence-corrected chi connectivity index (χ0v) is 13.0. The van der Waals surface area contributed by atoms with Gasteiger partial charge >= 0.3 is 5.97 Å². The fourth-order valence-corrected chi connectivity index (χ4v) is 2.54. The molecular weight excluding hydrogens is 312 g/mol. The number of hydrogen-bond acceptors (Lipinski definition) is 7. The molecular formula is C13H22N2O8. The van der Waals surface area contributed by atoms with Gasteiger partial charge in [0.25, 0.3) is 5.79 Å². The molecule has 0 radical (unpaired) electrons. The number of carboxylic acid groups (broad SMARTS) is 1. The number of carboxylic acids is 1. The van der Waals surface area contributed by atoms with Crippen LogP contribution in [0, 0.1) is 0 Å². The van der Waals surface area contributed by atoms with E-state index in [1.807, 2.05) is 0 Å². The molecule has 0 saturated carbocycles. The molecule has 1 unspecified atom stereocenters. The van der Waals surface area contributed by atoms with Crippen molar-refractivity contribution in [2.75, 3.05) is 0 Å². The number of amides is 2. The minimum Gasteiger partial charge on any atom is -0.477 e. The van der Waals surface area contributed by atoms with Crippen molar-refractivity contribution < 1.29 is 39.5 Å². The molecule has 10 nitrogen and oxygen atoms in total. The largest absolute Gasteiger partial charge is 0.477 e. The average molecular weight is 334 g/mol. The number of carbonyl (C=O) groups is 3. The number of carbonyl (C=O) groups excluding carboxylic acids is 2. The monoisotopic (exact) mass is 334 g/mol. The maximum absolute atomic E-state index is 11.3. The fraction of sp³-hybridized carbons (Fsp3) is 0.769. The third-order valence-electron chi connectivity index (χ3n) is 3.53. The van der Waals surface area contributed by atoms with Crippen LogP contribution in [0.25, 0.3) is 0 Å². The Kier molecular flexibility index (Phi) is 6.05. The summed E-state index contributed by atoms with van der Waals surface area (Å²) < 4.78 is 5.15. The Hall–Kier alpha value is -1.75. The summed E-state index contributed by atoms with van der Waals surface area (Å²) in [7, 11) is 0. The Morgan fingerprint density at radius 3 is 2.22 bits per heavy atom. The van der Waals surface area contributed by atoms with Crippen LogP contribution in [0.4, 0.5) is 0 Å². The Morgan fingerprint density at radius 1 is 1.26 bits per heavy atom. The maximum Gasteiger partial charge on any atom is 0.364 e. The molecule has 10 heteroatoms. The Balaban J connectivity index is 3.21. The molecule has 0 aromatic carbocycles. The first kappa shape index (κ1) is 19.3. The first-order valence-corrected chi connectivity index (χ1v) is 7.02. The van der Waals surface area contributed by atoms with Crippen molar-refractivity contribution >= 4 is 17.8 Å². The van der Waals surface area contributed by atoms with Crippen LogP contribution in [-0.4, -0.2) is 74.4 Å². The van der Waals surface area contributed by atoms with Gasteiger partial charge in [-0.25, -0.2) is 4.79 Å². The van der Waals surface area contributed by atoms with E-state index >= 15 is 0 Å². The summed E-state index contributed by atoms with van der Waals surface area (Å²) in [5.41, 5.74) is 0. The molecule has 0 spiro atoms.